The Morgan fingerprint density at radius 1 is 0.920 bits per heavy atom. The number of aromatic amines is 1. The van der Waals surface area contributed by atoms with Crippen LogP contribution in [0.3, 0.4) is 0 Å². The third kappa shape index (κ3) is 12.6. The number of piperidine rings is 1. The van der Waals surface area contributed by atoms with E-state index in [9.17, 15) is 15.3 Å². The van der Waals surface area contributed by atoms with Gasteiger partial charge in [-0.15, -0.1) is 0 Å². The number of hydrogen-bond donors (Lipinski definition) is 5. The fraction of sp³-hybridized carbons (Fsp3) is 0.662. The van der Waals surface area contributed by atoms with Crippen LogP contribution in [-0.2, 0) is 61.6 Å². The third-order valence-corrected chi connectivity index (χ3v) is 26.9. The predicted octanol–water partition coefficient (Wildman–Crippen LogP) is 7.12. The van der Waals surface area contributed by atoms with E-state index >= 15 is 9.59 Å². The average molecular weight is 1260 g/mol. The Kier molecular flexibility index (Phi) is 20.4. The van der Waals surface area contributed by atoms with Crippen LogP contribution in [0.5, 0.6) is 5.75 Å². The summed E-state index contributed by atoms with van der Waals surface area (Å²) in [5.74, 6) is -0.0389. The molecule has 2 saturated heterocycles. The Hall–Kier alpha value is -4.14. The van der Waals surface area contributed by atoms with Gasteiger partial charge in [-0.05, 0) is 119 Å². The highest BCUT2D eigenvalue weighted by molar-refractivity contribution is 8.38. The molecule has 3 fully saturated rings. The van der Waals surface area contributed by atoms with Crippen molar-refractivity contribution in [1.29, 1.82) is 0 Å². The number of nitrogens with one attached hydrogen (secondary N) is 2. The zero-order valence-corrected chi connectivity index (χ0v) is 55.8. The molecule has 4 aromatic rings. The fourth-order valence-corrected chi connectivity index (χ4v) is 21.9. The maximum Gasteiger partial charge on any atom is 0.322 e. The maximum absolute atomic E-state index is 15.6. The molecule has 2 bridgehead atoms. The first-order chi connectivity index (χ1) is 41.7. The number of H-pyrrole nitrogens is 1. The Morgan fingerprint density at radius 2 is 1.64 bits per heavy atom. The van der Waals surface area contributed by atoms with E-state index in [4.69, 9.17) is 32.8 Å². The minimum absolute atomic E-state index is 0.108. The van der Waals surface area contributed by atoms with Gasteiger partial charge in [-0.2, -0.15) is 0 Å². The number of esters is 1. The van der Waals surface area contributed by atoms with Gasteiger partial charge >= 0.3 is 5.97 Å². The Balaban J connectivity index is 0.857. The lowest BCUT2D eigenvalue weighted by Crippen LogP contribution is -2.81. The minimum Gasteiger partial charge on any atom is -0.496 e. The van der Waals surface area contributed by atoms with Crippen molar-refractivity contribution in [3.63, 3.8) is 0 Å². The van der Waals surface area contributed by atoms with Crippen LogP contribution in [0, 0.1) is 11.3 Å². The Morgan fingerprint density at radius 3 is 2.34 bits per heavy atom. The molecule has 22 heteroatoms. The number of nitrogens with zero attached hydrogens (tertiary/aromatic N) is 5. The van der Waals surface area contributed by atoms with E-state index in [0.717, 1.165) is 50.1 Å². The number of aromatic nitrogens is 3. The van der Waals surface area contributed by atoms with E-state index in [-0.39, 0.29) is 18.5 Å². The monoisotopic (exact) mass is 1260 g/mol. The molecule has 5 N–H and O–H groups in total. The van der Waals surface area contributed by atoms with Crippen LogP contribution < -0.4 is 15.0 Å². The number of ether oxygens (including phenoxy) is 6. The highest BCUT2D eigenvalue weighted by Crippen LogP contribution is 2.68. The molecular formula is C65H97N7O12S2Si. The van der Waals surface area contributed by atoms with E-state index in [1.807, 2.05) is 56.4 Å². The maximum atomic E-state index is 15.6. The molecule has 5 aliphatic heterocycles. The lowest BCUT2D eigenvalue weighted by molar-refractivity contribution is -0.203. The summed E-state index contributed by atoms with van der Waals surface area (Å²) in [6.45, 7) is 18.3. The number of carbonyl (C=O) groups is 2. The fourth-order valence-electron chi connectivity index (χ4n) is 15.9. The van der Waals surface area contributed by atoms with Gasteiger partial charge in [0.1, 0.15) is 17.3 Å². The zero-order chi connectivity index (χ0) is 62.0. The number of aliphatic hydroxyl groups is 3. The first-order valence-corrected chi connectivity index (χ1v) is 38.4. The second-order valence-corrected chi connectivity index (χ2v) is 36.1. The SMILES string of the molecule is CCOCCOCCOCCOCc1cnc(SCS(C)(C)CO[Si](C)(C)CCCNC(=O)[C@@]2(O)[C@H](O)[C@]3(CC)C=CCN4CC[C@@]5(c6cc([C@@]7(C(=O)OC)C[C@@H]8CN(CCc9c7[nH]c7ccccc97)C[C@](O)(CC)C8)c(OC)cc6N(C)[C@@H]25)[C@@H]43)nc1. The summed E-state index contributed by atoms with van der Waals surface area (Å²) >= 11 is 1.63. The first kappa shape index (κ1) is 65.8. The summed E-state index contributed by atoms with van der Waals surface area (Å²) in [5.41, 5.74) is -0.660. The van der Waals surface area contributed by atoms with Crippen molar-refractivity contribution in [2.24, 2.45) is 11.3 Å². The van der Waals surface area contributed by atoms with Gasteiger partial charge in [-0.25, -0.2) is 20.0 Å². The molecule has 2 aromatic carbocycles. The number of thioether (sulfide) groups is 1. The van der Waals surface area contributed by atoms with Crippen molar-refractivity contribution in [2.75, 3.05) is 135 Å². The van der Waals surface area contributed by atoms with Crippen LogP contribution in [0.25, 0.3) is 10.9 Å². The van der Waals surface area contributed by atoms with Crippen molar-refractivity contribution in [1.82, 2.24) is 30.1 Å². The molecule has 1 amide bonds. The molecule has 1 saturated carbocycles. The molecule has 10 atom stereocenters. The summed E-state index contributed by atoms with van der Waals surface area (Å²) in [4.78, 5) is 50.9. The highest BCUT2D eigenvalue weighted by Gasteiger charge is 2.78. The molecule has 2 aromatic heterocycles. The van der Waals surface area contributed by atoms with Crippen molar-refractivity contribution in [3.05, 3.63) is 88.9 Å². The number of aliphatic hydroxyl groups excluding tert-OH is 1. The number of anilines is 1. The van der Waals surface area contributed by atoms with Gasteiger partial charge in [0.2, 0.25) is 0 Å². The molecule has 19 nitrogen and oxygen atoms in total. The molecule has 1 spiro atoms. The molecule has 1 aliphatic carbocycles. The summed E-state index contributed by atoms with van der Waals surface area (Å²) in [6, 6.07) is 11.9. The van der Waals surface area contributed by atoms with Gasteiger partial charge in [0.05, 0.1) is 78.0 Å². The van der Waals surface area contributed by atoms with E-state index in [2.05, 4.69) is 92.9 Å². The number of methoxy groups -OCH3 is 2. The van der Waals surface area contributed by atoms with Gasteiger partial charge in [-0.3, -0.25) is 19.4 Å². The highest BCUT2D eigenvalue weighted by atomic mass is 32.3. The normalized spacial score (nSPS) is 29.6. The van der Waals surface area contributed by atoms with Gasteiger partial charge in [0, 0.05) is 120 Å². The molecule has 480 valence electrons. The molecule has 10 rings (SSSR count). The molecule has 7 heterocycles. The van der Waals surface area contributed by atoms with Crippen molar-refractivity contribution in [2.45, 2.75) is 137 Å². The van der Waals surface area contributed by atoms with E-state index in [1.54, 1.807) is 18.9 Å². The second-order valence-electron chi connectivity index (χ2n) is 26.4. The summed E-state index contributed by atoms with van der Waals surface area (Å²) in [5, 5.41) is 44.9. The molecule has 6 aliphatic rings. The van der Waals surface area contributed by atoms with Crippen LogP contribution in [0.15, 0.2) is 66.1 Å². The Labute approximate surface area is 521 Å². The summed E-state index contributed by atoms with van der Waals surface area (Å²) in [7, 11) is 1.58. The van der Waals surface area contributed by atoms with E-state index in [1.165, 1.54) is 7.11 Å². The largest absolute Gasteiger partial charge is 0.496 e. The Bertz CT molecular complexity index is 3080. The minimum atomic E-state index is -2.29. The zero-order valence-electron chi connectivity index (χ0n) is 53.1. The summed E-state index contributed by atoms with van der Waals surface area (Å²) < 4.78 is 41.4. The van der Waals surface area contributed by atoms with Crippen LogP contribution >= 0.6 is 21.8 Å². The van der Waals surface area contributed by atoms with Crippen LogP contribution in [0.1, 0.15) is 87.2 Å². The molecular weight excluding hydrogens is 1160 g/mol. The number of fused-ring (bicyclic) bond motifs is 6. The number of likely N-dealkylation sites (N-methyl/N-ethyl adjacent to an activating group) is 1. The number of para-hydroxylation sites is 1. The van der Waals surface area contributed by atoms with Crippen LogP contribution in [0.2, 0.25) is 19.1 Å². The van der Waals surface area contributed by atoms with Gasteiger partial charge in [-0.1, -0.05) is 56.0 Å². The predicted molar refractivity (Wildman–Crippen MR) is 345 cm³/mol. The lowest BCUT2D eigenvalue weighted by Gasteiger charge is -2.63. The van der Waals surface area contributed by atoms with E-state index in [0.29, 0.717) is 153 Å². The number of rotatable bonds is 28. The average Bonchev–Trinajstić information content (AvgIpc) is 1.55. The number of carbonyl (C=O) groups excluding carboxylic acids is 2. The molecule has 1 unspecified atom stereocenters. The van der Waals surface area contributed by atoms with Crippen LogP contribution in [0.4, 0.5) is 5.69 Å². The van der Waals surface area contributed by atoms with Crippen molar-refractivity contribution in [3.8, 4) is 5.75 Å². The number of hydrogen-bond acceptors (Lipinski definition) is 18. The topological polar surface area (TPSA) is 223 Å². The van der Waals surface area contributed by atoms with Crippen molar-refractivity contribution >= 4 is 58.6 Å². The standard InChI is InChI=1S/C65H97N7O12S2Si/c1-11-61(76)36-45-37-64(59(75)79-6,54-48(20-25-71(40-45)42-61)47-18-14-15-19-51(47)69-54)50-34-49-52(35-53(50)78-5)70(4)56-63(49)22-26-72-24-16-21-62(12-2,55(63)72)57(73)65(56,77)58(74)66-23-17-33-87(9,10)84-43-86(7,8)44-85-60-67-38-46(39-68-60)41-83-32-31-82-30-29-81-28-27-80-13-3/h14-16,18-19,21,34-35,38-39,45,55-57,69,73,76-77H,11-13,17,20,22-33,36-37,40-44H2,1-10H3,(H,66,74)/t45-,55+,56-,57-,61+,62-,63-,64+,65+/m1/s1. The number of benzene rings is 2. The van der Waals surface area contributed by atoms with Gasteiger partial charge in [0.15, 0.2) is 19.1 Å². The summed E-state index contributed by atoms with van der Waals surface area (Å²) in [6.07, 6.45) is 14.6. The molecule has 0 radical (unpaired) electrons. The number of amides is 1. The second kappa shape index (κ2) is 27.0. The van der Waals surface area contributed by atoms with E-state index < -0.39 is 69.8 Å². The quantitative estimate of drug-likeness (QED) is 0.00953. The van der Waals surface area contributed by atoms with Crippen molar-refractivity contribution < 1.29 is 57.8 Å². The smallest absolute Gasteiger partial charge is 0.322 e. The van der Waals surface area contributed by atoms with Gasteiger partial charge in [0.25, 0.3) is 5.91 Å². The van der Waals surface area contributed by atoms with Gasteiger partial charge < -0.3 is 63.4 Å². The van der Waals surface area contributed by atoms with Crippen LogP contribution in [-0.4, -0.2) is 220 Å². The lowest BCUT2D eigenvalue weighted by atomic mass is 9.47. The molecule has 87 heavy (non-hydrogen) atoms. The first-order valence-electron chi connectivity index (χ1n) is 31.5. The third-order valence-electron chi connectivity index (χ3n) is 20.0.